The van der Waals surface area contributed by atoms with Crippen molar-refractivity contribution in [2.75, 3.05) is 13.1 Å². The Balaban J connectivity index is 2.08. The molecule has 0 aromatic rings. The smallest absolute Gasteiger partial charge is 0.233 e. The van der Waals surface area contributed by atoms with E-state index in [4.69, 9.17) is 0 Å². The molecule has 0 aromatic heterocycles. The van der Waals surface area contributed by atoms with E-state index >= 15 is 0 Å². The van der Waals surface area contributed by atoms with Crippen LogP contribution < -0.4 is 10.6 Å². The third-order valence-corrected chi connectivity index (χ3v) is 3.59. The van der Waals surface area contributed by atoms with Gasteiger partial charge in [0.1, 0.15) is 0 Å². The zero-order valence-corrected chi connectivity index (χ0v) is 10.2. The minimum atomic E-state index is 0.134. The molecule has 0 bridgehead atoms. The van der Waals surface area contributed by atoms with Crippen LogP contribution >= 0.6 is 0 Å². The van der Waals surface area contributed by atoms with E-state index < -0.39 is 0 Å². The molecule has 3 nitrogen and oxygen atoms in total. The van der Waals surface area contributed by atoms with Crippen molar-refractivity contribution in [3.63, 3.8) is 0 Å². The molecule has 0 radical (unpaired) electrons. The largest absolute Gasteiger partial charge is 0.354 e. The minimum absolute atomic E-state index is 0.134. The number of amides is 1. The highest BCUT2D eigenvalue weighted by Crippen LogP contribution is 2.47. The molecule has 0 aliphatic heterocycles. The van der Waals surface area contributed by atoms with E-state index in [2.05, 4.69) is 31.4 Å². The number of rotatable bonds is 7. The highest BCUT2D eigenvalue weighted by molar-refractivity contribution is 5.78. The Bertz CT molecular complexity index is 212. The summed E-state index contributed by atoms with van der Waals surface area (Å²) >= 11 is 0. The van der Waals surface area contributed by atoms with Gasteiger partial charge in [0, 0.05) is 12.6 Å². The lowest BCUT2D eigenvalue weighted by molar-refractivity contribution is -0.120. The van der Waals surface area contributed by atoms with E-state index in [1.165, 1.54) is 19.3 Å². The van der Waals surface area contributed by atoms with Crippen LogP contribution in [0.2, 0.25) is 0 Å². The van der Waals surface area contributed by atoms with E-state index in [0.29, 0.717) is 18.0 Å². The fourth-order valence-corrected chi connectivity index (χ4v) is 1.59. The predicted octanol–water partition coefficient (Wildman–Crippen LogP) is 1.68. The summed E-state index contributed by atoms with van der Waals surface area (Å²) in [6, 6.07) is 0.428. The van der Waals surface area contributed by atoms with Crippen LogP contribution in [0, 0.1) is 5.41 Å². The van der Waals surface area contributed by atoms with Gasteiger partial charge in [-0.25, -0.2) is 0 Å². The molecule has 1 aliphatic rings. The molecule has 3 heteroatoms. The van der Waals surface area contributed by atoms with Crippen molar-refractivity contribution >= 4 is 5.91 Å². The van der Waals surface area contributed by atoms with Crippen LogP contribution in [0.1, 0.15) is 46.5 Å². The minimum Gasteiger partial charge on any atom is -0.354 e. The average Bonchev–Trinajstić information content (AvgIpc) is 3.03. The van der Waals surface area contributed by atoms with Gasteiger partial charge >= 0.3 is 0 Å². The van der Waals surface area contributed by atoms with Crippen molar-refractivity contribution in [1.82, 2.24) is 10.6 Å². The topological polar surface area (TPSA) is 41.1 Å². The van der Waals surface area contributed by atoms with Crippen molar-refractivity contribution in [2.45, 2.75) is 52.5 Å². The van der Waals surface area contributed by atoms with Crippen LogP contribution in [0.5, 0.6) is 0 Å². The van der Waals surface area contributed by atoms with Gasteiger partial charge in [-0.2, -0.15) is 0 Å². The summed E-state index contributed by atoms with van der Waals surface area (Å²) in [5.41, 5.74) is 0.450. The summed E-state index contributed by atoms with van der Waals surface area (Å²) in [4.78, 5) is 11.5. The summed E-state index contributed by atoms with van der Waals surface area (Å²) < 4.78 is 0. The van der Waals surface area contributed by atoms with Gasteiger partial charge in [-0.1, -0.05) is 13.8 Å². The Morgan fingerprint density at radius 2 is 2.07 bits per heavy atom. The maximum absolute atomic E-state index is 11.5. The Kier molecular flexibility index (Phi) is 4.58. The molecule has 1 amide bonds. The lowest BCUT2D eigenvalue weighted by Gasteiger charge is -2.15. The van der Waals surface area contributed by atoms with Crippen LogP contribution in [0.4, 0.5) is 0 Å². The third-order valence-electron chi connectivity index (χ3n) is 3.59. The van der Waals surface area contributed by atoms with Crippen molar-refractivity contribution in [3.8, 4) is 0 Å². The van der Waals surface area contributed by atoms with E-state index in [-0.39, 0.29) is 5.91 Å². The molecule has 1 aliphatic carbocycles. The molecule has 1 atom stereocenters. The maximum Gasteiger partial charge on any atom is 0.233 e. The monoisotopic (exact) mass is 212 g/mol. The zero-order valence-electron chi connectivity index (χ0n) is 10.2. The van der Waals surface area contributed by atoms with Gasteiger partial charge < -0.3 is 10.6 Å². The molecule has 88 valence electrons. The lowest BCUT2D eigenvalue weighted by atomic mass is 10.0. The first-order valence-corrected chi connectivity index (χ1v) is 6.12. The second-order valence-corrected chi connectivity index (χ2v) is 4.82. The number of carbonyl (C=O) groups excluding carboxylic acids is 1. The van der Waals surface area contributed by atoms with Crippen molar-refractivity contribution < 1.29 is 4.79 Å². The predicted molar refractivity (Wildman–Crippen MR) is 62.7 cm³/mol. The van der Waals surface area contributed by atoms with Crippen LogP contribution in [0.15, 0.2) is 0 Å². The van der Waals surface area contributed by atoms with Crippen molar-refractivity contribution in [1.29, 1.82) is 0 Å². The van der Waals surface area contributed by atoms with Gasteiger partial charge in [0.25, 0.3) is 0 Å². The maximum atomic E-state index is 11.5. The molecule has 15 heavy (non-hydrogen) atoms. The summed E-state index contributed by atoms with van der Waals surface area (Å²) in [5, 5.41) is 6.21. The second kappa shape index (κ2) is 5.50. The average molecular weight is 212 g/mol. The van der Waals surface area contributed by atoms with E-state index in [9.17, 15) is 4.79 Å². The number of hydrogen-bond acceptors (Lipinski definition) is 2. The van der Waals surface area contributed by atoms with Gasteiger partial charge in [0.2, 0.25) is 5.91 Å². The summed E-state index contributed by atoms with van der Waals surface area (Å²) in [7, 11) is 0. The molecule has 1 fully saturated rings. The lowest BCUT2D eigenvalue weighted by Crippen LogP contribution is -2.39. The molecular formula is C12H24N2O. The molecule has 1 rings (SSSR count). The fourth-order valence-electron chi connectivity index (χ4n) is 1.59. The van der Waals surface area contributed by atoms with E-state index in [1.54, 1.807) is 0 Å². The van der Waals surface area contributed by atoms with Crippen LogP contribution in [0.3, 0.4) is 0 Å². The van der Waals surface area contributed by atoms with Gasteiger partial charge in [0.15, 0.2) is 0 Å². The zero-order chi connectivity index (χ0) is 11.3. The van der Waals surface area contributed by atoms with E-state index in [0.717, 1.165) is 13.0 Å². The molecule has 0 saturated heterocycles. The molecule has 1 saturated carbocycles. The second-order valence-electron chi connectivity index (χ2n) is 4.82. The Labute approximate surface area is 93.0 Å². The van der Waals surface area contributed by atoms with Gasteiger partial charge in [-0.15, -0.1) is 0 Å². The molecule has 0 heterocycles. The summed E-state index contributed by atoms with van der Waals surface area (Å²) in [6.07, 6.45) is 4.81. The first-order valence-electron chi connectivity index (χ1n) is 6.12. The summed E-state index contributed by atoms with van der Waals surface area (Å²) in [6.45, 7) is 7.74. The number of hydrogen-bond donors (Lipinski definition) is 2. The number of nitrogens with one attached hydrogen (secondary N) is 2. The Hall–Kier alpha value is -0.570. The Morgan fingerprint density at radius 1 is 1.40 bits per heavy atom. The third kappa shape index (κ3) is 4.20. The highest BCUT2D eigenvalue weighted by Gasteiger charge is 2.40. The summed E-state index contributed by atoms with van der Waals surface area (Å²) in [5.74, 6) is 0.134. The molecule has 0 spiro atoms. The van der Waals surface area contributed by atoms with Crippen molar-refractivity contribution in [2.24, 2.45) is 5.41 Å². The fraction of sp³-hybridized carbons (Fsp3) is 0.917. The highest BCUT2D eigenvalue weighted by atomic mass is 16.1. The van der Waals surface area contributed by atoms with Crippen molar-refractivity contribution in [3.05, 3.63) is 0 Å². The first kappa shape index (κ1) is 12.5. The van der Waals surface area contributed by atoms with Crippen LogP contribution in [-0.2, 0) is 4.79 Å². The van der Waals surface area contributed by atoms with E-state index in [1.807, 2.05) is 0 Å². The molecule has 1 unspecified atom stereocenters. The molecule has 2 N–H and O–H groups in total. The first-order chi connectivity index (χ1) is 7.12. The molecular weight excluding hydrogens is 188 g/mol. The SMILES string of the molecule is CCC(C)NCC(=O)NCC1(CC)CC1. The van der Waals surface area contributed by atoms with Gasteiger partial charge in [-0.3, -0.25) is 4.79 Å². The van der Waals surface area contributed by atoms with Gasteiger partial charge in [-0.05, 0) is 38.0 Å². The van der Waals surface area contributed by atoms with Gasteiger partial charge in [0.05, 0.1) is 6.54 Å². The Morgan fingerprint density at radius 3 is 2.53 bits per heavy atom. The number of carbonyl (C=O) groups is 1. The molecule has 0 aromatic carbocycles. The van der Waals surface area contributed by atoms with Crippen LogP contribution in [-0.4, -0.2) is 25.0 Å². The quantitative estimate of drug-likeness (QED) is 0.674. The normalized spacial score (nSPS) is 19.7. The standard InChI is InChI=1S/C12H24N2O/c1-4-10(3)13-8-11(15)14-9-12(5-2)6-7-12/h10,13H,4-9H2,1-3H3,(H,14,15). The van der Waals surface area contributed by atoms with Crippen LogP contribution in [0.25, 0.3) is 0 Å².